The van der Waals surface area contributed by atoms with Gasteiger partial charge in [0.05, 0.1) is 32.9 Å². The second kappa shape index (κ2) is 9.49. The molecule has 0 aliphatic rings. The molecule has 6 nitrogen and oxygen atoms in total. The van der Waals surface area contributed by atoms with Crippen molar-refractivity contribution in [3.8, 4) is 11.8 Å². The summed E-state index contributed by atoms with van der Waals surface area (Å²) >= 11 is 7.23. The van der Waals surface area contributed by atoms with Crippen molar-refractivity contribution in [2.24, 2.45) is 0 Å². The Kier molecular flexibility index (Phi) is 6.50. The largest absolute Gasteiger partial charge is 0.325 e. The molecule has 4 aromatic rings. The number of thioether (sulfide) groups is 1. The van der Waals surface area contributed by atoms with Crippen LogP contribution in [0.2, 0.25) is 5.02 Å². The van der Waals surface area contributed by atoms with E-state index in [2.05, 4.69) is 10.3 Å². The number of fused-ring (bicyclic) bond motifs is 1. The van der Waals surface area contributed by atoms with E-state index in [-0.39, 0.29) is 22.2 Å². The SMILES string of the molecule is Cc1cccc(-n2c(SCC(=O)Nc3ccc(C#N)c(Cl)c3)nc3ccccc3c2=O)c1C. The molecule has 1 N–H and O–H groups in total. The van der Waals surface area contributed by atoms with Crippen molar-refractivity contribution < 1.29 is 4.79 Å². The van der Waals surface area contributed by atoms with Crippen LogP contribution in [0.4, 0.5) is 5.69 Å². The maximum atomic E-state index is 13.4. The topological polar surface area (TPSA) is 87.8 Å². The van der Waals surface area contributed by atoms with Crippen molar-refractivity contribution in [3.05, 3.63) is 92.7 Å². The van der Waals surface area contributed by atoms with Crippen molar-refractivity contribution in [3.63, 3.8) is 0 Å². The van der Waals surface area contributed by atoms with Gasteiger partial charge in [0.25, 0.3) is 5.56 Å². The van der Waals surface area contributed by atoms with Crippen LogP contribution in [0.5, 0.6) is 0 Å². The van der Waals surface area contributed by atoms with Gasteiger partial charge >= 0.3 is 0 Å². The van der Waals surface area contributed by atoms with E-state index >= 15 is 0 Å². The summed E-state index contributed by atoms with van der Waals surface area (Å²) in [6.07, 6.45) is 0. The summed E-state index contributed by atoms with van der Waals surface area (Å²) in [6.45, 7) is 3.95. The fraction of sp³-hybridized carbons (Fsp3) is 0.120. The van der Waals surface area contributed by atoms with Crippen LogP contribution in [0.1, 0.15) is 16.7 Å². The second-order valence-corrected chi connectivity index (χ2v) is 8.76. The van der Waals surface area contributed by atoms with Crippen molar-refractivity contribution in [2.45, 2.75) is 19.0 Å². The molecular formula is C25H19ClN4O2S. The molecule has 0 aliphatic heterocycles. The predicted octanol–water partition coefficient (Wildman–Crippen LogP) is 5.26. The smallest absolute Gasteiger partial charge is 0.266 e. The fourth-order valence-corrected chi connectivity index (χ4v) is 4.44. The first-order valence-electron chi connectivity index (χ1n) is 10.1. The third-order valence-corrected chi connectivity index (χ3v) is 6.52. The van der Waals surface area contributed by atoms with Crippen molar-refractivity contribution in [1.82, 2.24) is 9.55 Å². The molecule has 8 heteroatoms. The zero-order valence-electron chi connectivity index (χ0n) is 17.9. The molecule has 0 aliphatic carbocycles. The number of carbonyl (C=O) groups is 1. The lowest BCUT2D eigenvalue weighted by atomic mass is 10.1. The van der Waals surface area contributed by atoms with Crippen molar-refractivity contribution >= 4 is 45.9 Å². The Labute approximate surface area is 199 Å². The molecule has 1 heterocycles. The minimum absolute atomic E-state index is 0.0350. The number of amides is 1. The van der Waals surface area contributed by atoms with E-state index < -0.39 is 0 Å². The van der Waals surface area contributed by atoms with E-state index in [1.54, 1.807) is 28.8 Å². The number of aryl methyl sites for hydroxylation is 1. The summed E-state index contributed by atoms with van der Waals surface area (Å²) < 4.78 is 1.57. The number of carbonyl (C=O) groups excluding carboxylic acids is 1. The highest BCUT2D eigenvalue weighted by molar-refractivity contribution is 7.99. The van der Waals surface area contributed by atoms with Crippen molar-refractivity contribution in [2.75, 3.05) is 11.1 Å². The highest BCUT2D eigenvalue weighted by Gasteiger charge is 2.17. The third kappa shape index (κ3) is 4.63. The first kappa shape index (κ1) is 22.6. The van der Waals surface area contributed by atoms with Crippen molar-refractivity contribution in [1.29, 1.82) is 5.26 Å². The van der Waals surface area contributed by atoms with Gasteiger partial charge in [-0.15, -0.1) is 0 Å². The fourth-order valence-electron chi connectivity index (χ4n) is 3.41. The molecule has 0 radical (unpaired) electrons. The summed E-state index contributed by atoms with van der Waals surface area (Å²) in [5.74, 6) is -0.247. The van der Waals surface area contributed by atoms with E-state index in [1.165, 1.54) is 17.8 Å². The number of halogens is 1. The van der Waals surface area contributed by atoms with Gasteiger partial charge in [0.15, 0.2) is 5.16 Å². The molecule has 0 bridgehead atoms. The van der Waals surface area contributed by atoms with Crippen LogP contribution >= 0.6 is 23.4 Å². The van der Waals surface area contributed by atoms with Gasteiger partial charge in [0, 0.05) is 5.69 Å². The second-order valence-electron chi connectivity index (χ2n) is 7.41. The molecule has 0 atom stereocenters. The first-order valence-corrected chi connectivity index (χ1v) is 11.5. The minimum Gasteiger partial charge on any atom is -0.325 e. The van der Waals surface area contributed by atoms with Gasteiger partial charge in [-0.05, 0) is 61.4 Å². The average molecular weight is 475 g/mol. The van der Waals surface area contributed by atoms with E-state index in [0.717, 1.165) is 16.8 Å². The van der Waals surface area contributed by atoms with Gasteiger partial charge in [-0.1, -0.05) is 47.6 Å². The molecule has 164 valence electrons. The number of hydrogen-bond donors (Lipinski definition) is 1. The number of nitrogens with one attached hydrogen (secondary N) is 1. The molecule has 1 aromatic heterocycles. The van der Waals surface area contributed by atoms with Crippen LogP contribution in [-0.4, -0.2) is 21.2 Å². The Bertz CT molecular complexity index is 1490. The summed E-state index contributed by atoms with van der Waals surface area (Å²) in [4.78, 5) is 30.7. The Morgan fingerprint density at radius 1 is 1.15 bits per heavy atom. The number of nitriles is 1. The third-order valence-electron chi connectivity index (χ3n) is 5.27. The van der Waals surface area contributed by atoms with E-state index in [0.29, 0.717) is 27.3 Å². The zero-order valence-corrected chi connectivity index (χ0v) is 19.5. The molecule has 0 saturated heterocycles. The monoisotopic (exact) mass is 474 g/mol. The van der Waals surface area contributed by atoms with E-state index in [4.69, 9.17) is 16.9 Å². The molecule has 0 fully saturated rings. The Balaban J connectivity index is 1.68. The van der Waals surface area contributed by atoms with Crippen LogP contribution in [0.25, 0.3) is 16.6 Å². The van der Waals surface area contributed by atoms with Gasteiger partial charge < -0.3 is 5.32 Å². The van der Waals surface area contributed by atoms with Gasteiger partial charge in [-0.2, -0.15) is 5.26 Å². The number of nitrogens with zero attached hydrogens (tertiary/aromatic N) is 3. The molecule has 3 aromatic carbocycles. The maximum absolute atomic E-state index is 13.4. The Morgan fingerprint density at radius 3 is 2.70 bits per heavy atom. The lowest BCUT2D eigenvalue weighted by Gasteiger charge is -2.16. The zero-order chi connectivity index (χ0) is 23.5. The minimum atomic E-state index is -0.282. The molecule has 0 spiro atoms. The van der Waals surface area contributed by atoms with Crippen LogP contribution in [-0.2, 0) is 4.79 Å². The number of benzene rings is 3. The van der Waals surface area contributed by atoms with Crippen LogP contribution < -0.4 is 10.9 Å². The first-order chi connectivity index (χ1) is 15.9. The molecule has 0 unspecified atom stereocenters. The van der Waals surface area contributed by atoms with Crippen LogP contribution in [0.3, 0.4) is 0 Å². The standard InChI is InChI=1S/C25H19ClN4O2S/c1-15-6-5-9-22(16(15)2)30-24(32)19-7-3-4-8-21(19)29-25(30)33-14-23(31)28-18-11-10-17(13-27)20(26)12-18/h3-12H,14H2,1-2H3,(H,28,31). The number of aromatic nitrogens is 2. The quantitative estimate of drug-likeness (QED) is 0.315. The normalized spacial score (nSPS) is 10.7. The molecular weight excluding hydrogens is 456 g/mol. The predicted molar refractivity (Wildman–Crippen MR) is 132 cm³/mol. The van der Waals surface area contributed by atoms with E-state index in [1.807, 2.05) is 50.2 Å². The lowest BCUT2D eigenvalue weighted by Crippen LogP contribution is -2.23. The van der Waals surface area contributed by atoms with Gasteiger partial charge in [-0.25, -0.2) is 4.98 Å². The summed E-state index contributed by atoms with van der Waals surface area (Å²) in [5, 5.41) is 13.0. The molecule has 4 rings (SSSR count). The lowest BCUT2D eigenvalue weighted by molar-refractivity contribution is -0.113. The summed E-state index contributed by atoms with van der Waals surface area (Å²) in [6, 6.07) is 19.6. The maximum Gasteiger partial charge on any atom is 0.266 e. The molecule has 0 saturated carbocycles. The number of para-hydroxylation sites is 1. The van der Waals surface area contributed by atoms with Crippen LogP contribution in [0.15, 0.2) is 70.6 Å². The average Bonchev–Trinajstić information content (AvgIpc) is 2.80. The van der Waals surface area contributed by atoms with Gasteiger partial charge in [0.2, 0.25) is 5.91 Å². The number of rotatable bonds is 5. The molecule has 1 amide bonds. The van der Waals surface area contributed by atoms with Gasteiger partial charge in [0.1, 0.15) is 6.07 Å². The number of hydrogen-bond acceptors (Lipinski definition) is 5. The highest BCUT2D eigenvalue weighted by atomic mass is 35.5. The van der Waals surface area contributed by atoms with Crippen LogP contribution in [0, 0.1) is 25.2 Å². The Hall–Kier alpha value is -3.60. The number of anilines is 1. The highest BCUT2D eigenvalue weighted by Crippen LogP contribution is 2.25. The summed E-state index contributed by atoms with van der Waals surface area (Å²) in [5.41, 5.74) is 3.97. The van der Waals surface area contributed by atoms with E-state index in [9.17, 15) is 9.59 Å². The summed E-state index contributed by atoms with van der Waals surface area (Å²) in [7, 11) is 0. The van der Waals surface area contributed by atoms with Gasteiger partial charge in [-0.3, -0.25) is 14.2 Å². The Morgan fingerprint density at radius 2 is 1.94 bits per heavy atom. The molecule has 33 heavy (non-hydrogen) atoms.